The molecule has 0 radical (unpaired) electrons. The van der Waals surface area contributed by atoms with Crippen molar-refractivity contribution in [1.29, 1.82) is 0 Å². The van der Waals surface area contributed by atoms with E-state index in [1.807, 2.05) is 30.5 Å². The number of halogens is 1. The third kappa shape index (κ3) is 7.83. The molecule has 2 fully saturated rings. The van der Waals surface area contributed by atoms with Crippen molar-refractivity contribution in [1.82, 2.24) is 44.6 Å². The molecule has 4 N–H and O–H groups in total. The number of amides is 3. The Kier molecular flexibility index (Phi) is 10.8. The molecule has 6 aromatic rings. The summed E-state index contributed by atoms with van der Waals surface area (Å²) < 4.78 is 22.4. The van der Waals surface area contributed by atoms with Crippen LogP contribution in [0.4, 0.5) is 27.4 Å². The van der Waals surface area contributed by atoms with Crippen LogP contribution in [0, 0.1) is 5.82 Å². The van der Waals surface area contributed by atoms with Gasteiger partial charge in [0.15, 0.2) is 17.4 Å². The first-order valence-electron chi connectivity index (χ1n) is 19.2. The Balaban J connectivity index is 0.937. The van der Waals surface area contributed by atoms with Crippen molar-refractivity contribution in [2.75, 3.05) is 37.9 Å². The lowest BCUT2D eigenvalue weighted by Crippen LogP contribution is -2.44. The Morgan fingerprint density at radius 3 is 2.37 bits per heavy atom. The Bertz CT molecular complexity index is 2620. The number of para-hydroxylation sites is 2. The summed E-state index contributed by atoms with van der Waals surface area (Å²) in [6, 6.07) is 16.1. The number of carbonyl (C=O) groups is 3. The molecule has 0 spiro atoms. The molecule has 2 aromatic carbocycles. The maximum atomic E-state index is 13.5. The topological polar surface area (TPSA) is 190 Å². The first-order chi connectivity index (χ1) is 28.6. The van der Waals surface area contributed by atoms with Gasteiger partial charge >= 0.3 is 5.69 Å². The quantitative estimate of drug-likeness (QED) is 0.129. The number of imide groups is 1. The van der Waals surface area contributed by atoms with E-state index in [9.17, 15) is 23.6 Å². The van der Waals surface area contributed by atoms with Crippen molar-refractivity contribution < 1.29 is 23.5 Å². The van der Waals surface area contributed by atoms with Gasteiger partial charge in [0.05, 0.1) is 53.0 Å². The normalized spacial score (nSPS) is 16.2. The molecule has 17 heteroatoms. The minimum absolute atomic E-state index is 0.193. The van der Waals surface area contributed by atoms with Crippen LogP contribution < -0.4 is 31.7 Å². The predicted octanol–water partition coefficient (Wildman–Crippen LogP) is 4.94. The number of aromatic nitrogens is 6. The van der Waals surface area contributed by atoms with Gasteiger partial charge in [0.25, 0.3) is 5.91 Å². The maximum Gasteiger partial charge on any atom is 0.329 e. The van der Waals surface area contributed by atoms with Crippen molar-refractivity contribution in [2.45, 2.75) is 44.2 Å². The minimum Gasteiger partial charge on any atom is -0.494 e. The first kappa shape index (κ1) is 38.8. The van der Waals surface area contributed by atoms with Crippen LogP contribution >= 0.6 is 0 Å². The van der Waals surface area contributed by atoms with Gasteiger partial charge in [-0.3, -0.25) is 33.7 Å². The highest BCUT2D eigenvalue weighted by Gasteiger charge is 2.32. The molecule has 0 aliphatic carbocycles. The number of ether oxygens (including phenoxy) is 1. The number of fused-ring (bicyclic) bond motifs is 1. The monoisotopic (exact) mass is 799 g/mol. The standard InChI is InChI=1S/C42H42FN11O5/c1-44-40(56)29-22-46-35(18-31(29)49-30-8-5-7-28(38(30)59-3)39-47-20-27(43)21-48-39)50-34-12-10-25(19-45-34)24-14-16-53(17-15-24)23-26-6-4-9-32-37(26)52(2)42(58)54(32)33-11-13-36(55)51-41(33)57/h4-10,12,18-22,24,33H,11,13-17,23H2,1-3H3,(H,44,56)(H,51,55,57)(H2,45,46,49,50). The fourth-order valence-electron chi connectivity index (χ4n) is 7.96. The van der Waals surface area contributed by atoms with E-state index in [0.717, 1.165) is 55.0 Å². The number of nitrogens with one attached hydrogen (secondary N) is 4. The number of hydrogen-bond acceptors (Lipinski definition) is 12. The second-order valence-corrected chi connectivity index (χ2v) is 14.5. The molecule has 0 bridgehead atoms. The van der Waals surface area contributed by atoms with Crippen LogP contribution in [0.15, 0.2) is 84.2 Å². The average Bonchev–Trinajstić information content (AvgIpc) is 3.50. The number of pyridine rings is 2. The van der Waals surface area contributed by atoms with Gasteiger partial charge in [0, 0.05) is 45.5 Å². The number of imidazole rings is 1. The fourth-order valence-corrected chi connectivity index (χ4v) is 7.96. The molecule has 16 nitrogen and oxygen atoms in total. The SMILES string of the molecule is CNC(=O)c1cnc(Nc2ccc(C3CCN(Cc4cccc5c4n(C)c(=O)n5C4CCC(=O)NC4=O)CC3)cn2)cc1Nc1cccc(-c2ncc(F)cn2)c1OC. The second kappa shape index (κ2) is 16.5. The number of benzene rings is 2. The summed E-state index contributed by atoms with van der Waals surface area (Å²) in [6.07, 6.45) is 7.85. The van der Waals surface area contributed by atoms with E-state index >= 15 is 0 Å². The average molecular weight is 800 g/mol. The van der Waals surface area contributed by atoms with Crippen LogP contribution in [0.3, 0.4) is 0 Å². The Morgan fingerprint density at radius 2 is 1.66 bits per heavy atom. The third-order valence-corrected chi connectivity index (χ3v) is 10.9. The maximum absolute atomic E-state index is 13.5. The van der Waals surface area contributed by atoms with E-state index in [4.69, 9.17) is 9.72 Å². The highest BCUT2D eigenvalue weighted by molar-refractivity contribution is 6.01. The van der Waals surface area contributed by atoms with Gasteiger partial charge in [-0.1, -0.05) is 24.3 Å². The van der Waals surface area contributed by atoms with Crippen molar-refractivity contribution in [2.24, 2.45) is 7.05 Å². The number of nitrogens with zero attached hydrogens (tertiary/aromatic N) is 7. The van der Waals surface area contributed by atoms with Gasteiger partial charge in [-0.2, -0.15) is 0 Å². The molecular weight excluding hydrogens is 758 g/mol. The van der Waals surface area contributed by atoms with Crippen LogP contribution in [0.2, 0.25) is 0 Å². The molecule has 4 aromatic heterocycles. The summed E-state index contributed by atoms with van der Waals surface area (Å²) in [5.41, 5.74) is 5.15. The Morgan fingerprint density at radius 1 is 0.898 bits per heavy atom. The summed E-state index contributed by atoms with van der Waals surface area (Å²) in [5, 5.41) is 11.6. The van der Waals surface area contributed by atoms with Crippen LogP contribution in [-0.4, -0.2) is 78.9 Å². The fraction of sp³-hybridized carbons (Fsp3) is 0.286. The lowest BCUT2D eigenvalue weighted by atomic mass is 9.90. The van der Waals surface area contributed by atoms with Gasteiger partial charge in [-0.25, -0.2) is 29.1 Å². The van der Waals surface area contributed by atoms with Crippen LogP contribution in [0.5, 0.6) is 5.75 Å². The second-order valence-electron chi connectivity index (χ2n) is 14.5. The van der Waals surface area contributed by atoms with Gasteiger partial charge in [0.1, 0.15) is 17.7 Å². The smallest absolute Gasteiger partial charge is 0.329 e. The van der Waals surface area contributed by atoms with E-state index in [1.54, 1.807) is 35.9 Å². The lowest BCUT2D eigenvalue weighted by molar-refractivity contribution is -0.135. The van der Waals surface area contributed by atoms with E-state index in [2.05, 4.69) is 47.2 Å². The largest absolute Gasteiger partial charge is 0.494 e. The van der Waals surface area contributed by atoms with E-state index in [0.29, 0.717) is 64.3 Å². The Labute approximate surface area is 337 Å². The highest BCUT2D eigenvalue weighted by Crippen LogP contribution is 2.38. The summed E-state index contributed by atoms with van der Waals surface area (Å²) in [4.78, 5) is 70.5. The number of rotatable bonds is 11. The van der Waals surface area contributed by atoms with E-state index in [1.165, 1.54) is 24.9 Å². The number of hydrogen-bond donors (Lipinski definition) is 4. The summed E-state index contributed by atoms with van der Waals surface area (Å²) in [5.74, 6) is 0.358. The molecule has 302 valence electrons. The Hall–Kier alpha value is -7.01. The molecule has 2 aliphatic heterocycles. The third-order valence-electron chi connectivity index (χ3n) is 10.9. The molecule has 59 heavy (non-hydrogen) atoms. The first-order valence-corrected chi connectivity index (χ1v) is 19.2. The molecule has 1 unspecified atom stereocenters. The van der Waals surface area contributed by atoms with Gasteiger partial charge < -0.3 is 20.7 Å². The van der Waals surface area contributed by atoms with Gasteiger partial charge in [-0.15, -0.1) is 0 Å². The van der Waals surface area contributed by atoms with Crippen LogP contribution in [0.1, 0.15) is 59.1 Å². The number of aryl methyl sites for hydroxylation is 1. The molecule has 0 saturated carbocycles. The zero-order chi connectivity index (χ0) is 41.2. The van der Waals surface area contributed by atoms with Gasteiger partial charge in [-0.05, 0) is 73.7 Å². The van der Waals surface area contributed by atoms with Crippen LogP contribution in [-0.2, 0) is 23.2 Å². The number of anilines is 4. The highest BCUT2D eigenvalue weighted by atomic mass is 19.1. The zero-order valence-corrected chi connectivity index (χ0v) is 32.7. The van der Waals surface area contributed by atoms with Crippen molar-refractivity contribution in [3.05, 3.63) is 112 Å². The number of piperidine rings is 2. The minimum atomic E-state index is -0.726. The molecule has 2 saturated heterocycles. The van der Waals surface area contributed by atoms with E-state index < -0.39 is 17.8 Å². The number of methoxy groups -OCH3 is 1. The zero-order valence-electron chi connectivity index (χ0n) is 32.7. The molecule has 8 rings (SSSR count). The predicted molar refractivity (Wildman–Crippen MR) is 218 cm³/mol. The number of carbonyl (C=O) groups excluding carboxylic acids is 3. The van der Waals surface area contributed by atoms with Crippen molar-refractivity contribution >= 4 is 51.8 Å². The molecule has 3 amide bonds. The molecular formula is C42H42FN11O5. The number of likely N-dealkylation sites (tertiary alicyclic amines) is 1. The molecule has 1 atom stereocenters. The van der Waals surface area contributed by atoms with Crippen molar-refractivity contribution in [3.8, 4) is 17.1 Å². The van der Waals surface area contributed by atoms with Crippen molar-refractivity contribution in [3.63, 3.8) is 0 Å². The summed E-state index contributed by atoms with van der Waals surface area (Å²) in [7, 11) is 4.77. The molecule has 6 heterocycles. The summed E-state index contributed by atoms with van der Waals surface area (Å²) in [6.45, 7) is 2.36. The van der Waals surface area contributed by atoms with E-state index in [-0.39, 0.29) is 29.7 Å². The van der Waals surface area contributed by atoms with Crippen LogP contribution in [0.25, 0.3) is 22.4 Å². The molecule has 2 aliphatic rings. The lowest BCUT2D eigenvalue weighted by Gasteiger charge is -2.32. The van der Waals surface area contributed by atoms with Gasteiger partial charge in [0.2, 0.25) is 11.8 Å². The summed E-state index contributed by atoms with van der Waals surface area (Å²) >= 11 is 0.